The summed E-state index contributed by atoms with van der Waals surface area (Å²) in [6.45, 7) is 5.62. The molecule has 15 heavy (non-hydrogen) atoms. The third-order valence-corrected chi connectivity index (χ3v) is 2.91. The molecule has 1 atom stereocenters. The molecule has 1 unspecified atom stereocenters. The lowest BCUT2D eigenvalue weighted by molar-refractivity contribution is -0.140. The van der Waals surface area contributed by atoms with Crippen molar-refractivity contribution in [3.8, 4) is 0 Å². The zero-order valence-electron chi connectivity index (χ0n) is 8.99. The van der Waals surface area contributed by atoms with Gasteiger partial charge in [-0.2, -0.15) is 0 Å². The fourth-order valence-electron chi connectivity index (χ4n) is 1.50. The molecule has 0 bridgehead atoms. The van der Waals surface area contributed by atoms with E-state index in [9.17, 15) is 4.79 Å². The van der Waals surface area contributed by atoms with Crippen LogP contribution in [-0.4, -0.2) is 16.1 Å². The highest BCUT2D eigenvalue weighted by molar-refractivity contribution is 9.10. The highest BCUT2D eigenvalue weighted by atomic mass is 79.9. The number of rotatable bonds is 3. The third-order valence-electron chi connectivity index (χ3n) is 2.24. The van der Waals surface area contributed by atoms with Gasteiger partial charge in [-0.25, -0.2) is 0 Å². The molecule has 0 aliphatic carbocycles. The van der Waals surface area contributed by atoms with Crippen LogP contribution in [0.4, 0.5) is 0 Å². The van der Waals surface area contributed by atoms with E-state index in [-0.39, 0.29) is 5.92 Å². The first-order valence-corrected chi connectivity index (χ1v) is 5.58. The van der Waals surface area contributed by atoms with Crippen LogP contribution in [0.15, 0.2) is 16.6 Å². The molecule has 0 spiro atoms. The maximum absolute atomic E-state index is 11.1. The molecule has 82 valence electrons. The number of pyridine rings is 1. The average molecular weight is 272 g/mol. The van der Waals surface area contributed by atoms with Gasteiger partial charge in [-0.3, -0.25) is 9.78 Å². The van der Waals surface area contributed by atoms with Gasteiger partial charge in [-0.15, -0.1) is 0 Å². The van der Waals surface area contributed by atoms with E-state index in [1.165, 1.54) is 0 Å². The number of hydrogen-bond donors (Lipinski definition) is 1. The summed E-state index contributed by atoms with van der Waals surface area (Å²) in [5, 5.41) is 9.15. The molecule has 4 heteroatoms. The third kappa shape index (κ3) is 2.78. The van der Waals surface area contributed by atoms with Crippen molar-refractivity contribution < 1.29 is 9.90 Å². The predicted molar refractivity (Wildman–Crippen MR) is 61.9 cm³/mol. The number of carboxylic acid groups (broad SMARTS) is 1. The van der Waals surface area contributed by atoms with Gasteiger partial charge in [0.1, 0.15) is 5.92 Å². The monoisotopic (exact) mass is 271 g/mol. The molecule has 1 aromatic rings. The minimum Gasteiger partial charge on any atom is -0.481 e. The summed E-state index contributed by atoms with van der Waals surface area (Å²) in [5.74, 6) is -1.36. The number of halogens is 1. The van der Waals surface area contributed by atoms with Crippen molar-refractivity contribution in [1.29, 1.82) is 0 Å². The van der Waals surface area contributed by atoms with Gasteiger partial charge in [-0.05, 0) is 40.9 Å². The van der Waals surface area contributed by atoms with Crippen molar-refractivity contribution in [2.75, 3.05) is 0 Å². The first-order valence-electron chi connectivity index (χ1n) is 4.79. The number of aliphatic carboxylic acids is 1. The molecular formula is C11H14BrNO2. The smallest absolute Gasteiger partial charge is 0.312 e. The molecule has 0 saturated carbocycles. The van der Waals surface area contributed by atoms with E-state index in [0.29, 0.717) is 5.69 Å². The molecule has 0 radical (unpaired) electrons. The van der Waals surface area contributed by atoms with Crippen molar-refractivity contribution in [3.63, 3.8) is 0 Å². The van der Waals surface area contributed by atoms with E-state index in [1.54, 1.807) is 0 Å². The summed E-state index contributed by atoms with van der Waals surface area (Å²) in [4.78, 5) is 15.4. The largest absolute Gasteiger partial charge is 0.481 e. The lowest BCUT2D eigenvalue weighted by atomic mass is 9.92. The molecule has 0 amide bonds. The maximum Gasteiger partial charge on any atom is 0.312 e. The van der Waals surface area contributed by atoms with E-state index in [1.807, 2.05) is 32.9 Å². The fourth-order valence-corrected chi connectivity index (χ4v) is 1.96. The van der Waals surface area contributed by atoms with Crippen LogP contribution in [0.3, 0.4) is 0 Å². The van der Waals surface area contributed by atoms with Gasteiger partial charge >= 0.3 is 5.97 Å². The lowest BCUT2D eigenvalue weighted by Gasteiger charge is -2.17. The second-order valence-corrected chi connectivity index (χ2v) is 4.73. The van der Waals surface area contributed by atoms with Crippen molar-refractivity contribution in [3.05, 3.63) is 28.0 Å². The van der Waals surface area contributed by atoms with Crippen LogP contribution in [-0.2, 0) is 4.79 Å². The molecule has 0 aliphatic rings. The van der Waals surface area contributed by atoms with Gasteiger partial charge in [0.2, 0.25) is 0 Å². The minimum absolute atomic E-state index is 0.0214. The first kappa shape index (κ1) is 12.2. The number of nitrogens with zero attached hydrogens (tertiary/aromatic N) is 1. The van der Waals surface area contributed by atoms with Crippen LogP contribution in [0.1, 0.15) is 31.2 Å². The molecule has 1 aromatic heterocycles. The SMILES string of the molecule is Cc1ccc(Br)c(C(C(=O)O)C(C)C)n1. The van der Waals surface area contributed by atoms with Crippen LogP contribution in [0, 0.1) is 12.8 Å². The van der Waals surface area contributed by atoms with E-state index < -0.39 is 11.9 Å². The zero-order valence-corrected chi connectivity index (χ0v) is 10.6. The Labute approximate surface area is 97.7 Å². The number of hydrogen-bond acceptors (Lipinski definition) is 2. The summed E-state index contributed by atoms with van der Waals surface area (Å²) < 4.78 is 0.759. The van der Waals surface area contributed by atoms with Crippen LogP contribution >= 0.6 is 15.9 Å². The first-order chi connectivity index (χ1) is 6.93. The van der Waals surface area contributed by atoms with Crippen LogP contribution in [0.25, 0.3) is 0 Å². The predicted octanol–water partition coefficient (Wildman–Crippen LogP) is 2.98. The summed E-state index contributed by atoms with van der Waals surface area (Å²) >= 11 is 3.34. The van der Waals surface area contributed by atoms with Crippen LogP contribution in [0.5, 0.6) is 0 Å². The number of carbonyl (C=O) groups is 1. The maximum atomic E-state index is 11.1. The Hall–Kier alpha value is -0.900. The lowest BCUT2D eigenvalue weighted by Crippen LogP contribution is -2.19. The molecule has 0 fully saturated rings. The van der Waals surface area contributed by atoms with Crippen molar-refractivity contribution in [1.82, 2.24) is 4.98 Å². The van der Waals surface area contributed by atoms with Gasteiger partial charge in [0.15, 0.2) is 0 Å². The summed E-state index contributed by atoms with van der Waals surface area (Å²) in [6, 6.07) is 3.70. The summed E-state index contributed by atoms with van der Waals surface area (Å²) in [5.41, 5.74) is 1.44. The Morgan fingerprint density at radius 3 is 2.53 bits per heavy atom. The number of aromatic nitrogens is 1. The second kappa shape index (κ2) is 4.75. The van der Waals surface area contributed by atoms with E-state index in [4.69, 9.17) is 5.11 Å². The fraction of sp³-hybridized carbons (Fsp3) is 0.455. The zero-order chi connectivity index (χ0) is 11.6. The van der Waals surface area contributed by atoms with Gasteiger partial charge in [0.25, 0.3) is 0 Å². The minimum atomic E-state index is -0.830. The number of carboxylic acids is 1. The quantitative estimate of drug-likeness (QED) is 0.920. The summed E-state index contributed by atoms with van der Waals surface area (Å²) in [7, 11) is 0. The molecule has 1 N–H and O–H groups in total. The Morgan fingerprint density at radius 1 is 1.47 bits per heavy atom. The Bertz CT molecular complexity index is 377. The number of aryl methyl sites for hydroxylation is 1. The van der Waals surface area contributed by atoms with E-state index in [0.717, 1.165) is 10.2 Å². The van der Waals surface area contributed by atoms with E-state index >= 15 is 0 Å². The Kier molecular flexibility index (Phi) is 3.85. The van der Waals surface area contributed by atoms with E-state index in [2.05, 4.69) is 20.9 Å². The van der Waals surface area contributed by atoms with Gasteiger partial charge in [-0.1, -0.05) is 13.8 Å². The van der Waals surface area contributed by atoms with Gasteiger partial charge in [0, 0.05) is 10.2 Å². The molecular weight excluding hydrogens is 258 g/mol. The molecule has 1 rings (SSSR count). The average Bonchev–Trinajstić information content (AvgIpc) is 2.10. The molecule has 0 aromatic carbocycles. The molecule has 1 heterocycles. The van der Waals surface area contributed by atoms with Crippen LogP contribution < -0.4 is 0 Å². The Morgan fingerprint density at radius 2 is 2.07 bits per heavy atom. The molecule has 3 nitrogen and oxygen atoms in total. The van der Waals surface area contributed by atoms with Gasteiger partial charge in [0.05, 0.1) is 5.69 Å². The Balaban J connectivity index is 3.22. The molecule has 0 aliphatic heterocycles. The second-order valence-electron chi connectivity index (χ2n) is 3.88. The highest BCUT2D eigenvalue weighted by Crippen LogP contribution is 2.29. The normalized spacial score (nSPS) is 12.9. The summed E-state index contributed by atoms with van der Waals surface area (Å²) in [6.07, 6.45) is 0. The standard InChI is InChI=1S/C11H14BrNO2/c1-6(2)9(11(14)15)10-8(12)5-4-7(3)13-10/h4-6,9H,1-3H3,(H,14,15). The van der Waals surface area contributed by atoms with Crippen molar-refractivity contribution >= 4 is 21.9 Å². The van der Waals surface area contributed by atoms with Gasteiger partial charge < -0.3 is 5.11 Å². The molecule has 0 saturated heterocycles. The van der Waals surface area contributed by atoms with Crippen LogP contribution in [0.2, 0.25) is 0 Å². The highest BCUT2D eigenvalue weighted by Gasteiger charge is 2.26. The topological polar surface area (TPSA) is 50.2 Å². The van der Waals surface area contributed by atoms with Crippen molar-refractivity contribution in [2.24, 2.45) is 5.92 Å². The van der Waals surface area contributed by atoms with Crippen molar-refractivity contribution in [2.45, 2.75) is 26.7 Å².